The van der Waals surface area contributed by atoms with Crippen LogP contribution in [0.2, 0.25) is 10.0 Å². The molecule has 2 aromatic rings. The Kier molecular flexibility index (Phi) is 6.28. The van der Waals surface area contributed by atoms with Gasteiger partial charge in [-0.25, -0.2) is 4.79 Å². The lowest BCUT2D eigenvalue weighted by atomic mass is 10.2. The van der Waals surface area contributed by atoms with E-state index in [-0.39, 0.29) is 32.9 Å². The SMILES string of the molecule is O=C(NC(=O)c1ccccc1Cl)Nc1ccc(/C=C/C(F)(F)F)c(Cl)c1. The fourth-order valence-corrected chi connectivity index (χ4v) is 2.37. The summed E-state index contributed by atoms with van der Waals surface area (Å²) in [5, 5.41) is 4.63. The van der Waals surface area contributed by atoms with Crippen molar-refractivity contribution in [2.24, 2.45) is 0 Å². The Bertz CT molecular complexity index is 867. The molecular formula is C17H11Cl2F3N2O2. The number of amides is 3. The molecule has 0 heterocycles. The molecule has 4 nitrogen and oxygen atoms in total. The topological polar surface area (TPSA) is 58.2 Å². The third-order valence-corrected chi connectivity index (χ3v) is 3.71. The van der Waals surface area contributed by atoms with Gasteiger partial charge in [0.15, 0.2) is 0 Å². The maximum absolute atomic E-state index is 12.2. The summed E-state index contributed by atoms with van der Waals surface area (Å²) < 4.78 is 36.5. The second kappa shape index (κ2) is 8.25. The van der Waals surface area contributed by atoms with Gasteiger partial charge in [0, 0.05) is 16.8 Å². The maximum atomic E-state index is 12.2. The van der Waals surface area contributed by atoms with Crippen LogP contribution in [0, 0.1) is 0 Å². The highest BCUT2D eigenvalue weighted by molar-refractivity contribution is 6.34. The number of imide groups is 1. The van der Waals surface area contributed by atoms with Crippen LogP contribution in [0.5, 0.6) is 0 Å². The minimum Gasteiger partial charge on any atom is -0.308 e. The first kappa shape index (κ1) is 19.8. The lowest BCUT2D eigenvalue weighted by Gasteiger charge is -2.09. The third-order valence-electron chi connectivity index (χ3n) is 3.06. The number of rotatable bonds is 3. The first-order valence-electron chi connectivity index (χ1n) is 7.08. The molecule has 0 fully saturated rings. The van der Waals surface area contributed by atoms with E-state index in [0.29, 0.717) is 0 Å². The van der Waals surface area contributed by atoms with Crippen LogP contribution in [0.1, 0.15) is 15.9 Å². The molecule has 0 saturated carbocycles. The molecule has 2 aromatic carbocycles. The molecular weight excluding hydrogens is 392 g/mol. The lowest BCUT2D eigenvalue weighted by Crippen LogP contribution is -2.34. The number of hydrogen-bond donors (Lipinski definition) is 2. The average molecular weight is 403 g/mol. The zero-order chi connectivity index (χ0) is 19.3. The predicted octanol–water partition coefficient (Wildman–Crippen LogP) is 5.53. The fraction of sp³-hybridized carbons (Fsp3) is 0.0588. The molecule has 0 unspecified atom stereocenters. The van der Waals surface area contributed by atoms with Gasteiger partial charge >= 0.3 is 12.2 Å². The van der Waals surface area contributed by atoms with Crippen molar-refractivity contribution in [2.45, 2.75) is 6.18 Å². The molecule has 0 aromatic heterocycles. The molecule has 2 rings (SSSR count). The van der Waals surface area contributed by atoms with Gasteiger partial charge < -0.3 is 5.32 Å². The number of carbonyl (C=O) groups is 2. The van der Waals surface area contributed by atoms with Gasteiger partial charge in [-0.2, -0.15) is 13.2 Å². The second-order valence-electron chi connectivity index (χ2n) is 5.00. The number of halogens is 5. The van der Waals surface area contributed by atoms with E-state index >= 15 is 0 Å². The van der Waals surface area contributed by atoms with Gasteiger partial charge in [-0.3, -0.25) is 10.1 Å². The van der Waals surface area contributed by atoms with E-state index < -0.39 is 18.1 Å². The van der Waals surface area contributed by atoms with Crippen molar-refractivity contribution >= 4 is 46.9 Å². The number of allylic oxidation sites excluding steroid dienone is 1. The van der Waals surface area contributed by atoms with E-state index in [1.54, 1.807) is 12.1 Å². The largest absolute Gasteiger partial charge is 0.409 e. The van der Waals surface area contributed by atoms with Crippen molar-refractivity contribution in [3.05, 3.63) is 69.7 Å². The van der Waals surface area contributed by atoms with Crippen molar-refractivity contribution in [3.63, 3.8) is 0 Å². The average Bonchev–Trinajstić information content (AvgIpc) is 2.53. The summed E-state index contributed by atoms with van der Waals surface area (Å²) >= 11 is 11.8. The molecule has 0 aliphatic rings. The van der Waals surface area contributed by atoms with Crippen LogP contribution in [0.4, 0.5) is 23.7 Å². The summed E-state index contributed by atoms with van der Waals surface area (Å²) in [4.78, 5) is 23.8. The quantitative estimate of drug-likeness (QED) is 0.708. The summed E-state index contributed by atoms with van der Waals surface area (Å²) in [7, 11) is 0. The van der Waals surface area contributed by atoms with Crippen LogP contribution in [0.25, 0.3) is 6.08 Å². The number of benzene rings is 2. The Balaban J connectivity index is 2.03. The van der Waals surface area contributed by atoms with E-state index in [2.05, 4.69) is 10.6 Å². The molecule has 0 saturated heterocycles. The van der Waals surface area contributed by atoms with E-state index in [4.69, 9.17) is 23.2 Å². The van der Waals surface area contributed by atoms with Crippen LogP contribution >= 0.6 is 23.2 Å². The second-order valence-corrected chi connectivity index (χ2v) is 5.81. The van der Waals surface area contributed by atoms with Gasteiger partial charge in [-0.05, 0) is 35.9 Å². The molecule has 0 atom stereocenters. The van der Waals surface area contributed by atoms with Crippen molar-refractivity contribution in [1.82, 2.24) is 5.32 Å². The smallest absolute Gasteiger partial charge is 0.308 e. The summed E-state index contributed by atoms with van der Waals surface area (Å²) in [5.74, 6) is -0.705. The highest BCUT2D eigenvalue weighted by Crippen LogP contribution is 2.25. The zero-order valence-corrected chi connectivity index (χ0v) is 14.4. The Morgan fingerprint density at radius 3 is 2.31 bits per heavy atom. The first-order valence-corrected chi connectivity index (χ1v) is 7.84. The van der Waals surface area contributed by atoms with Gasteiger partial charge in [0.05, 0.1) is 10.6 Å². The van der Waals surface area contributed by atoms with Crippen molar-refractivity contribution < 1.29 is 22.8 Å². The van der Waals surface area contributed by atoms with Gasteiger partial charge in [0.25, 0.3) is 5.91 Å². The van der Waals surface area contributed by atoms with Crippen molar-refractivity contribution in [3.8, 4) is 0 Å². The maximum Gasteiger partial charge on any atom is 0.409 e. The Hall–Kier alpha value is -2.51. The molecule has 2 N–H and O–H groups in total. The number of alkyl halides is 3. The first-order chi connectivity index (χ1) is 12.2. The molecule has 3 amide bonds. The third kappa shape index (κ3) is 5.79. The molecule has 0 spiro atoms. The highest BCUT2D eigenvalue weighted by Gasteiger charge is 2.22. The Morgan fingerprint density at radius 2 is 1.69 bits per heavy atom. The fourth-order valence-electron chi connectivity index (χ4n) is 1.90. The predicted molar refractivity (Wildman–Crippen MR) is 94.5 cm³/mol. The monoisotopic (exact) mass is 402 g/mol. The normalized spacial score (nSPS) is 11.4. The Morgan fingerprint density at radius 1 is 1.00 bits per heavy atom. The van der Waals surface area contributed by atoms with Crippen LogP contribution in [-0.4, -0.2) is 18.1 Å². The van der Waals surface area contributed by atoms with Gasteiger partial charge in [0.2, 0.25) is 0 Å². The Labute approximate surface area is 156 Å². The summed E-state index contributed by atoms with van der Waals surface area (Å²) in [6, 6.07) is 9.24. The number of carbonyl (C=O) groups excluding carboxylic acids is 2. The summed E-state index contributed by atoms with van der Waals surface area (Å²) in [6.07, 6.45) is -3.59. The standard InChI is InChI=1S/C17H11Cl2F3N2O2/c18-13-4-2-1-3-12(13)15(25)24-16(26)23-11-6-5-10(14(19)9-11)7-8-17(20,21)22/h1-9H,(H2,23,24,25,26)/b8-7+. The van der Waals surface area contributed by atoms with Gasteiger partial charge in [0.1, 0.15) is 0 Å². The zero-order valence-electron chi connectivity index (χ0n) is 12.9. The van der Waals surface area contributed by atoms with E-state index in [1.165, 1.54) is 30.3 Å². The van der Waals surface area contributed by atoms with Crippen LogP contribution in [-0.2, 0) is 0 Å². The van der Waals surface area contributed by atoms with E-state index in [9.17, 15) is 22.8 Å². The summed E-state index contributed by atoms with van der Waals surface area (Å²) in [5.41, 5.74) is 0.445. The van der Waals surface area contributed by atoms with Gasteiger partial charge in [-0.15, -0.1) is 0 Å². The van der Waals surface area contributed by atoms with Gasteiger partial charge in [-0.1, -0.05) is 41.4 Å². The van der Waals surface area contributed by atoms with E-state index in [1.807, 2.05) is 0 Å². The molecule has 0 bridgehead atoms. The molecule has 26 heavy (non-hydrogen) atoms. The molecule has 136 valence electrons. The number of hydrogen-bond acceptors (Lipinski definition) is 2. The molecule has 0 radical (unpaired) electrons. The minimum absolute atomic E-state index is 0.000676. The van der Waals surface area contributed by atoms with Crippen molar-refractivity contribution in [2.75, 3.05) is 5.32 Å². The van der Waals surface area contributed by atoms with Crippen LogP contribution in [0.3, 0.4) is 0 Å². The van der Waals surface area contributed by atoms with Crippen LogP contribution in [0.15, 0.2) is 48.5 Å². The van der Waals surface area contributed by atoms with Crippen LogP contribution < -0.4 is 10.6 Å². The van der Waals surface area contributed by atoms with Crippen molar-refractivity contribution in [1.29, 1.82) is 0 Å². The molecule has 0 aliphatic heterocycles. The highest BCUT2D eigenvalue weighted by atomic mass is 35.5. The number of nitrogens with one attached hydrogen (secondary N) is 2. The molecule has 9 heteroatoms. The van der Waals surface area contributed by atoms with E-state index in [0.717, 1.165) is 6.08 Å². The minimum atomic E-state index is -4.46. The summed E-state index contributed by atoms with van der Waals surface area (Å²) in [6.45, 7) is 0. The molecule has 0 aliphatic carbocycles. The number of anilines is 1. The lowest BCUT2D eigenvalue weighted by molar-refractivity contribution is -0.0790. The number of urea groups is 1.